The molecular formula is C24H16O2Si. The van der Waals surface area contributed by atoms with Gasteiger partial charge >= 0.3 is 0 Å². The molecule has 0 bridgehead atoms. The molecule has 2 nitrogen and oxygen atoms in total. The third kappa shape index (κ3) is 1.84. The molecule has 3 heteroatoms. The first-order chi connectivity index (χ1) is 13.4. The summed E-state index contributed by atoms with van der Waals surface area (Å²) in [7, 11) is -2.50. The van der Waals surface area contributed by atoms with E-state index in [1.807, 2.05) is 24.3 Å². The molecule has 2 heterocycles. The molecule has 4 aromatic rings. The highest BCUT2D eigenvalue weighted by molar-refractivity contribution is 7.21. The standard InChI is InChI=1S/C24H16O2Si/c1-5-13-21-17(9-1)25-18-10-2-6-14-22(18)27(21)23-15-7-3-11-19(23)26-20-12-4-8-16-24(20)27/h1-16H. The minimum absolute atomic E-state index is 0.953. The predicted octanol–water partition coefficient (Wildman–Crippen LogP) is 3.28. The molecule has 4 aromatic carbocycles. The monoisotopic (exact) mass is 364 g/mol. The number of hydrogen-bond acceptors (Lipinski definition) is 2. The predicted molar refractivity (Wildman–Crippen MR) is 110 cm³/mol. The van der Waals surface area contributed by atoms with Crippen LogP contribution in [-0.4, -0.2) is 8.07 Å². The Kier molecular flexibility index (Phi) is 2.94. The van der Waals surface area contributed by atoms with Crippen LogP contribution < -0.4 is 30.2 Å². The van der Waals surface area contributed by atoms with Crippen LogP contribution in [0, 0.1) is 0 Å². The molecular weight excluding hydrogens is 348 g/mol. The van der Waals surface area contributed by atoms with Crippen LogP contribution in [0.3, 0.4) is 0 Å². The van der Waals surface area contributed by atoms with Gasteiger partial charge in [0.05, 0.1) is 0 Å². The molecule has 0 unspecified atom stereocenters. The number of rotatable bonds is 0. The van der Waals surface area contributed by atoms with Crippen molar-refractivity contribution in [2.24, 2.45) is 0 Å². The highest BCUT2D eigenvalue weighted by Crippen LogP contribution is 2.35. The molecule has 128 valence electrons. The third-order valence-corrected chi connectivity index (χ3v) is 10.5. The van der Waals surface area contributed by atoms with Crippen molar-refractivity contribution in [3.63, 3.8) is 0 Å². The van der Waals surface area contributed by atoms with Crippen LogP contribution >= 0.6 is 0 Å². The lowest BCUT2D eigenvalue weighted by Gasteiger charge is -2.42. The second-order valence-electron chi connectivity index (χ2n) is 6.94. The Morgan fingerprint density at radius 2 is 0.630 bits per heavy atom. The van der Waals surface area contributed by atoms with Crippen LogP contribution in [0.5, 0.6) is 23.0 Å². The lowest BCUT2D eigenvalue weighted by Crippen LogP contribution is -2.77. The van der Waals surface area contributed by atoms with E-state index in [4.69, 9.17) is 9.47 Å². The fraction of sp³-hybridized carbons (Fsp3) is 0. The summed E-state index contributed by atoms with van der Waals surface area (Å²) in [6, 6.07) is 33.9. The van der Waals surface area contributed by atoms with Gasteiger partial charge in [-0.2, -0.15) is 0 Å². The maximum absolute atomic E-state index is 6.33. The first-order valence-electron chi connectivity index (χ1n) is 9.13. The first kappa shape index (κ1) is 14.8. The Morgan fingerprint density at radius 3 is 0.926 bits per heavy atom. The van der Waals surface area contributed by atoms with E-state index >= 15 is 0 Å². The zero-order chi connectivity index (χ0) is 17.8. The summed E-state index contributed by atoms with van der Waals surface area (Å²) in [5, 5.41) is 5.14. The fourth-order valence-electron chi connectivity index (χ4n) is 4.57. The minimum atomic E-state index is -2.50. The molecule has 0 radical (unpaired) electrons. The van der Waals surface area contributed by atoms with Crippen molar-refractivity contribution in [1.29, 1.82) is 0 Å². The van der Waals surface area contributed by atoms with Crippen molar-refractivity contribution in [3.8, 4) is 23.0 Å². The minimum Gasteiger partial charge on any atom is -0.458 e. The topological polar surface area (TPSA) is 18.5 Å². The molecule has 0 aliphatic carbocycles. The molecule has 1 spiro atoms. The Balaban J connectivity index is 1.85. The van der Waals surface area contributed by atoms with Crippen molar-refractivity contribution in [2.75, 3.05) is 0 Å². The fourth-order valence-corrected chi connectivity index (χ4v) is 9.71. The van der Waals surface area contributed by atoms with E-state index in [0.29, 0.717) is 0 Å². The summed E-state index contributed by atoms with van der Waals surface area (Å²) in [5.41, 5.74) is 0. The molecule has 27 heavy (non-hydrogen) atoms. The van der Waals surface area contributed by atoms with Gasteiger partial charge in [-0.1, -0.05) is 72.8 Å². The zero-order valence-electron chi connectivity index (χ0n) is 14.6. The first-order valence-corrected chi connectivity index (χ1v) is 11.1. The van der Waals surface area contributed by atoms with Crippen LogP contribution in [-0.2, 0) is 0 Å². The highest BCUT2D eigenvalue weighted by Gasteiger charge is 2.52. The Hall–Kier alpha value is -3.30. The Morgan fingerprint density at radius 1 is 0.370 bits per heavy atom. The molecule has 2 aliphatic rings. The summed E-state index contributed by atoms with van der Waals surface area (Å²) >= 11 is 0. The van der Waals surface area contributed by atoms with E-state index in [2.05, 4.69) is 72.8 Å². The van der Waals surface area contributed by atoms with E-state index in [1.54, 1.807) is 0 Å². The van der Waals surface area contributed by atoms with Crippen molar-refractivity contribution < 1.29 is 9.47 Å². The smallest absolute Gasteiger partial charge is 0.196 e. The largest absolute Gasteiger partial charge is 0.458 e. The molecule has 0 aromatic heterocycles. The number of para-hydroxylation sites is 4. The average Bonchev–Trinajstić information content (AvgIpc) is 2.73. The van der Waals surface area contributed by atoms with Crippen LogP contribution in [0.2, 0.25) is 0 Å². The van der Waals surface area contributed by atoms with Gasteiger partial charge in [-0.25, -0.2) is 0 Å². The normalized spacial score (nSPS) is 14.8. The van der Waals surface area contributed by atoms with Gasteiger partial charge in [-0.15, -0.1) is 0 Å². The summed E-state index contributed by atoms with van der Waals surface area (Å²) < 4.78 is 12.7. The van der Waals surface area contributed by atoms with Gasteiger partial charge in [0, 0.05) is 0 Å². The van der Waals surface area contributed by atoms with Crippen molar-refractivity contribution in [1.82, 2.24) is 0 Å². The second kappa shape index (κ2) is 5.35. The summed E-state index contributed by atoms with van der Waals surface area (Å²) in [5.74, 6) is 3.81. The Labute approximate surface area is 158 Å². The molecule has 0 saturated heterocycles. The van der Waals surface area contributed by atoms with Gasteiger partial charge in [0.25, 0.3) is 0 Å². The maximum atomic E-state index is 6.33. The molecule has 6 rings (SSSR count). The molecule has 0 saturated carbocycles. The lowest BCUT2D eigenvalue weighted by atomic mass is 10.3. The SMILES string of the molecule is c1ccc2c(c1)Oc1ccccc1[Si]21c2ccccc2Oc2ccccc21. The van der Waals surface area contributed by atoms with Gasteiger partial charge in [0.15, 0.2) is 8.07 Å². The van der Waals surface area contributed by atoms with Crippen molar-refractivity contribution >= 4 is 28.8 Å². The van der Waals surface area contributed by atoms with Gasteiger partial charge in [0.1, 0.15) is 23.0 Å². The van der Waals surface area contributed by atoms with Crippen LogP contribution in [0.4, 0.5) is 0 Å². The molecule has 0 amide bonds. The van der Waals surface area contributed by atoms with Gasteiger partial charge in [-0.05, 0) is 45.0 Å². The second-order valence-corrected chi connectivity index (χ2v) is 10.6. The van der Waals surface area contributed by atoms with Gasteiger partial charge in [0.2, 0.25) is 0 Å². The Bertz CT molecular complexity index is 1010. The van der Waals surface area contributed by atoms with E-state index in [-0.39, 0.29) is 0 Å². The maximum Gasteiger partial charge on any atom is 0.196 e. The number of fused-ring (bicyclic) bond motifs is 8. The van der Waals surface area contributed by atoms with Crippen molar-refractivity contribution in [3.05, 3.63) is 97.1 Å². The van der Waals surface area contributed by atoms with Gasteiger partial charge < -0.3 is 9.47 Å². The molecule has 0 N–H and O–H groups in total. The van der Waals surface area contributed by atoms with Gasteiger partial charge in [-0.3, -0.25) is 0 Å². The molecule has 0 atom stereocenters. The van der Waals surface area contributed by atoms with E-state index in [9.17, 15) is 0 Å². The molecule has 0 fully saturated rings. The number of ether oxygens (including phenoxy) is 2. The quantitative estimate of drug-likeness (QED) is 0.385. The summed E-state index contributed by atoms with van der Waals surface area (Å²) in [6.07, 6.45) is 0. The van der Waals surface area contributed by atoms with Crippen LogP contribution in [0.15, 0.2) is 97.1 Å². The lowest BCUT2D eigenvalue weighted by molar-refractivity contribution is 0.481. The zero-order valence-corrected chi connectivity index (χ0v) is 15.6. The number of hydrogen-bond donors (Lipinski definition) is 0. The summed E-state index contributed by atoms with van der Waals surface area (Å²) in [6.45, 7) is 0. The average molecular weight is 364 g/mol. The molecule has 2 aliphatic heterocycles. The van der Waals surface area contributed by atoms with Crippen molar-refractivity contribution in [2.45, 2.75) is 0 Å². The summed E-state index contributed by atoms with van der Waals surface area (Å²) in [4.78, 5) is 0. The van der Waals surface area contributed by atoms with E-state index < -0.39 is 8.07 Å². The number of benzene rings is 4. The van der Waals surface area contributed by atoms with Crippen LogP contribution in [0.1, 0.15) is 0 Å². The third-order valence-electron chi connectivity index (χ3n) is 5.60. The van der Waals surface area contributed by atoms with Crippen LogP contribution in [0.25, 0.3) is 0 Å². The van der Waals surface area contributed by atoms with E-state index in [0.717, 1.165) is 23.0 Å². The van der Waals surface area contributed by atoms with E-state index in [1.165, 1.54) is 20.7 Å². The highest BCUT2D eigenvalue weighted by atomic mass is 28.3.